The summed E-state index contributed by atoms with van der Waals surface area (Å²) in [5.41, 5.74) is 2.53. The molecule has 1 aromatic heterocycles. The quantitative estimate of drug-likeness (QED) is 0.734. The lowest BCUT2D eigenvalue weighted by atomic mass is 9.75. The molecule has 0 spiro atoms. The van der Waals surface area contributed by atoms with Gasteiger partial charge in [-0.05, 0) is 45.3 Å². The minimum absolute atomic E-state index is 0.0142. The molecule has 1 aromatic rings. The van der Waals surface area contributed by atoms with Crippen molar-refractivity contribution in [2.24, 2.45) is 0 Å². The second kappa shape index (κ2) is 5.32. The number of hydrogen-bond acceptors (Lipinski definition) is 3. The molecule has 0 aliphatic carbocycles. The summed E-state index contributed by atoms with van der Waals surface area (Å²) in [4.78, 5) is 4.91. The van der Waals surface area contributed by atoms with Crippen molar-refractivity contribution in [2.45, 2.75) is 91.3 Å². The summed E-state index contributed by atoms with van der Waals surface area (Å²) < 4.78 is 12.5. The molecule has 0 bridgehead atoms. The van der Waals surface area contributed by atoms with E-state index in [1.165, 1.54) is 0 Å². The largest absolute Gasteiger partial charge is 0.494 e. The average Bonchev–Trinajstić information content (AvgIpc) is 2.56. The van der Waals surface area contributed by atoms with Gasteiger partial charge in [-0.2, -0.15) is 0 Å². The highest BCUT2D eigenvalue weighted by atomic mass is 16.7. The maximum Gasteiger partial charge on any atom is 0.494 e. The van der Waals surface area contributed by atoms with Crippen LogP contribution in [-0.2, 0) is 20.1 Å². The van der Waals surface area contributed by atoms with Crippen LogP contribution in [0.15, 0.2) is 12.1 Å². The number of hydrogen-bond donors (Lipinski definition) is 0. The van der Waals surface area contributed by atoms with E-state index in [1.54, 1.807) is 0 Å². The van der Waals surface area contributed by atoms with Crippen LogP contribution in [-0.4, -0.2) is 23.3 Å². The first-order valence-corrected chi connectivity index (χ1v) is 8.52. The molecule has 0 aromatic carbocycles. The first kappa shape index (κ1) is 18.5. The van der Waals surface area contributed by atoms with Crippen LogP contribution in [0.2, 0.25) is 0 Å². The molecule has 3 nitrogen and oxygen atoms in total. The van der Waals surface area contributed by atoms with Gasteiger partial charge in [0, 0.05) is 22.2 Å². The summed E-state index contributed by atoms with van der Waals surface area (Å²) in [6.07, 6.45) is 0. The fourth-order valence-corrected chi connectivity index (χ4v) is 2.44. The zero-order valence-electron chi connectivity index (χ0n) is 16.5. The molecule has 1 aliphatic heterocycles. The standard InChI is InChI=1S/C19H32BNO2/c1-16(2,3)14-11-13(12-15(21-14)17(4,5)6)20-22-18(7,8)19(9,10)23-20/h11-12H,1-10H3. The summed E-state index contributed by atoms with van der Waals surface area (Å²) in [5.74, 6) is 0. The monoisotopic (exact) mass is 317 g/mol. The maximum atomic E-state index is 6.24. The molecule has 2 heterocycles. The normalized spacial score (nSPS) is 20.9. The third-order valence-electron chi connectivity index (χ3n) is 4.91. The van der Waals surface area contributed by atoms with E-state index in [-0.39, 0.29) is 29.2 Å². The van der Waals surface area contributed by atoms with Gasteiger partial charge in [-0.25, -0.2) is 0 Å². The predicted molar refractivity (Wildman–Crippen MR) is 97.4 cm³/mol. The second-order valence-corrected chi connectivity index (χ2v) is 9.76. The molecular weight excluding hydrogens is 285 g/mol. The fourth-order valence-electron chi connectivity index (χ4n) is 2.44. The lowest BCUT2D eigenvalue weighted by Gasteiger charge is -2.32. The van der Waals surface area contributed by atoms with Gasteiger partial charge in [-0.15, -0.1) is 0 Å². The van der Waals surface area contributed by atoms with Crippen LogP contribution >= 0.6 is 0 Å². The van der Waals surface area contributed by atoms with E-state index in [0.29, 0.717) is 0 Å². The fraction of sp³-hybridized carbons (Fsp3) is 0.737. The Labute approximate surface area is 142 Å². The number of pyridine rings is 1. The SMILES string of the molecule is CC(C)(C)c1cc(B2OC(C)(C)C(C)(C)O2)cc(C(C)(C)C)n1. The molecule has 1 saturated heterocycles. The van der Waals surface area contributed by atoms with Gasteiger partial charge >= 0.3 is 7.12 Å². The molecule has 0 radical (unpaired) electrons. The summed E-state index contributed by atoms with van der Waals surface area (Å²) >= 11 is 0. The Morgan fingerprint density at radius 1 is 0.783 bits per heavy atom. The van der Waals surface area contributed by atoms with Crippen LogP contribution in [0.1, 0.15) is 80.6 Å². The van der Waals surface area contributed by atoms with Gasteiger partial charge in [-0.3, -0.25) is 4.98 Å². The lowest BCUT2D eigenvalue weighted by Crippen LogP contribution is -2.41. The Hall–Kier alpha value is -0.865. The predicted octanol–water partition coefficient (Wildman–Crippen LogP) is 3.98. The van der Waals surface area contributed by atoms with Crippen molar-refractivity contribution >= 4 is 12.6 Å². The van der Waals surface area contributed by atoms with Crippen molar-refractivity contribution in [1.29, 1.82) is 0 Å². The van der Waals surface area contributed by atoms with Crippen molar-refractivity contribution in [3.05, 3.63) is 23.5 Å². The van der Waals surface area contributed by atoms with Gasteiger partial charge in [0.25, 0.3) is 0 Å². The van der Waals surface area contributed by atoms with Crippen molar-refractivity contribution < 1.29 is 9.31 Å². The highest BCUT2D eigenvalue weighted by Gasteiger charge is 2.52. The van der Waals surface area contributed by atoms with E-state index >= 15 is 0 Å². The van der Waals surface area contributed by atoms with E-state index in [2.05, 4.69) is 81.4 Å². The molecule has 0 saturated carbocycles. The zero-order valence-corrected chi connectivity index (χ0v) is 16.5. The van der Waals surface area contributed by atoms with Crippen molar-refractivity contribution in [3.8, 4) is 0 Å². The summed E-state index contributed by atoms with van der Waals surface area (Å²) in [5, 5.41) is 0. The van der Waals surface area contributed by atoms with Crippen molar-refractivity contribution in [3.63, 3.8) is 0 Å². The summed E-state index contributed by atoms with van der Waals surface area (Å²) in [6.45, 7) is 21.5. The van der Waals surface area contributed by atoms with Crippen LogP contribution in [0.5, 0.6) is 0 Å². The highest BCUT2D eigenvalue weighted by Crippen LogP contribution is 2.37. The van der Waals surface area contributed by atoms with Crippen LogP contribution in [0.25, 0.3) is 0 Å². The molecule has 4 heteroatoms. The maximum absolute atomic E-state index is 6.24. The lowest BCUT2D eigenvalue weighted by molar-refractivity contribution is 0.00578. The highest BCUT2D eigenvalue weighted by molar-refractivity contribution is 6.62. The first-order valence-electron chi connectivity index (χ1n) is 8.52. The van der Waals surface area contributed by atoms with Crippen LogP contribution in [0.4, 0.5) is 0 Å². The molecule has 0 atom stereocenters. The minimum Gasteiger partial charge on any atom is -0.399 e. The molecular formula is C19H32BNO2. The zero-order chi connectivity index (χ0) is 17.8. The van der Waals surface area contributed by atoms with Crippen LogP contribution in [0.3, 0.4) is 0 Å². The van der Waals surface area contributed by atoms with Crippen molar-refractivity contribution in [2.75, 3.05) is 0 Å². The van der Waals surface area contributed by atoms with E-state index < -0.39 is 0 Å². The number of aromatic nitrogens is 1. The van der Waals surface area contributed by atoms with Gasteiger partial charge in [0.15, 0.2) is 0 Å². The summed E-state index contributed by atoms with van der Waals surface area (Å²) in [6, 6.07) is 4.27. The van der Waals surface area contributed by atoms with Gasteiger partial charge in [0.1, 0.15) is 0 Å². The van der Waals surface area contributed by atoms with E-state index in [1.807, 2.05) is 0 Å². The van der Waals surface area contributed by atoms with Gasteiger partial charge < -0.3 is 9.31 Å². The average molecular weight is 317 g/mol. The van der Waals surface area contributed by atoms with Crippen molar-refractivity contribution in [1.82, 2.24) is 4.98 Å². The molecule has 23 heavy (non-hydrogen) atoms. The molecule has 0 unspecified atom stereocenters. The van der Waals surface area contributed by atoms with Gasteiger partial charge in [0.2, 0.25) is 0 Å². The second-order valence-electron chi connectivity index (χ2n) is 9.76. The molecule has 1 fully saturated rings. The minimum atomic E-state index is -0.342. The van der Waals surface area contributed by atoms with Crippen LogP contribution < -0.4 is 5.46 Å². The Morgan fingerprint density at radius 3 is 1.43 bits per heavy atom. The Balaban J connectivity index is 2.51. The summed E-state index contributed by atoms with van der Waals surface area (Å²) in [7, 11) is -0.342. The number of nitrogens with zero attached hydrogens (tertiary/aromatic N) is 1. The topological polar surface area (TPSA) is 31.4 Å². The third-order valence-corrected chi connectivity index (χ3v) is 4.91. The Morgan fingerprint density at radius 2 is 1.13 bits per heavy atom. The first-order chi connectivity index (χ1) is 10.1. The Kier molecular flexibility index (Phi) is 4.27. The molecule has 0 N–H and O–H groups in total. The number of rotatable bonds is 1. The Bertz CT molecular complexity index is 546. The van der Waals surface area contributed by atoms with Gasteiger partial charge in [-0.1, -0.05) is 41.5 Å². The van der Waals surface area contributed by atoms with Gasteiger partial charge in [0.05, 0.1) is 11.2 Å². The van der Waals surface area contributed by atoms with E-state index in [9.17, 15) is 0 Å². The molecule has 128 valence electrons. The smallest absolute Gasteiger partial charge is 0.399 e. The third kappa shape index (κ3) is 3.64. The molecule has 2 rings (SSSR count). The van der Waals surface area contributed by atoms with E-state index in [4.69, 9.17) is 14.3 Å². The van der Waals surface area contributed by atoms with E-state index in [0.717, 1.165) is 16.9 Å². The molecule has 0 amide bonds. The van der Waals surface area contributed by atoms with Crippen LogP contribution in [0, 0.1) is 0 Å². The molecule has 1 aliphatic rings.